The Labute approximate surface area is 199 Å². The van der Waals surface area contributed by atoms with E-state index in [0.717, 1.165) is 53.2 Å². The van der Waals surface area contributed by atoms with Crippen molar-refractivity contribution >= 4 is 17.7 Å². The van der Waals surface area contributed by atoms with E-state index in [2.05, 4.69) is 16.1 Å². The molecule has 4 rings (SSSR count). The molecule has 2 aromatic carbocycles. The van der Waals surface area contributed by atoms with Gasteiger partial charge < -0.3 is 9.47 Å². The number of hydrazone groups is 1. The minimum atomic E-state index is -0.306. The number of nitrogens with zero attached hydrogens (tertiary/aromatic N) is 5. The summed E-state index contributed by atoms with van der Waals surface area (Å²) in [6.07, 6.45) is 5.00. The number of ether oxygens (including phenoxy) is 2. The molecule has 0 unspecified atom stereocenters. The Morgan fingerprint density at radius 1 is 1.12 bits per heavy atom. The van der Waals surface area contributed by atoms with Crippen LogP contribution in [0.25, 0.3) is 16.5 Å². The molecule has 0 N–H and O–H groups in total. The summed E-state index contributed by atoms with van der Waals surface area (Å²) in [4.78, 5) is 15.7. The topological polar surface area (TPSA) is 99.9 Å². The predicted molar refractivity (Wildman–Crippen MR) is 132 cm³/mol. The van der Waals surface area contributed by atoms with Crippen LogP contribution in [0.2, 0.25) is 0 Å². The summed E-state index contributed by atoms with van der Waals surface area (Å²) in [5, 5.41) is 9.80. The fourth-order valence-corrected chi connectivity index (χ4v) is 4.66. The maximum absolute atomic E-state index is 13.0. The molecule has 2 atom stereocenters. The smallest absolute Gasteiger partial charge is 0.249 e. The molecule has 0 spiro atoms. The van der Waals surface area contributed by atoms with Gasteiger partial charge in [-0.1, -0.05) is 29.4 Å². The van der Waals surface area contributed by atoms with Crippen molar-refractivity contribution in [2.75, 3.05) is 19.8 Å². The molecule has 34 heavy (non-hydrogen) atoms. The Hall–Kier alpha value is -3.77. The number of azide groups is 1. The molecule has 176 valence electrons. The molecule has 8 heteroatoms. The standard InChI is InChI=1S/C26H29N5O3/c1-3-33-21-12-8-18(9-13-21)16-20-6-5-7-23-25(20)29-31(24(32)17-28-30-27)26(23)19-10-14-22(15-11-19)34-4-2/h8-16,23,26H,3-7,17H2,1-2H3/b20-16-/t23-,26-/m0/s1. The van der Waals surface area contributed by atoms with Gasteiger partial charge in [0.2, 0.25) is 5.91 Å². The van der Waals surface area contributed by atoms with Gasteiger partial charge in [-0.25, -0.2) is 5.01 Å². The summed E-state index contributed by atoms with van der Waals surface area (Å²) in [6, 6.07) is 15.6. The zero-order chi connectivity index (χ0) is 23.9. The first-order valence-electron chi connectivity index (χ1n) is 11.7. The molecular weight excluding hydrogens is 430 g/mol. The summed E-state index contributed by atoms with van der Waals surface area (Å²) in [5.74, 6) is 1.40. The highest BCUT2D eigenvalue weighted by Crippen LogP contribution is 2.44. The van der Waals surface area contributed by atoms with Gasteiger partial charge in [0.1, 0.15) is 18.0 Å². The predicted octanol–water partition coefficient (Wildman–Crippen LogP) is 5.92. The molecule has 1 aliphatic heterocycles. The second-order valence-corrected chi connectivity index (χ2v) is 8.23. The van der Waals surface area contributed by atoms with Crippen LogP contribution in [-0.2, 0) is 4.79 Å². The van der Waals surface area contributed by atoms with Crippen molar-refractivity contribution in [3.63, 3.8) is 0 Å². The first-order chi connectivity index (χ1) is 16.6. The van der Waals surface area contributed by atoms with E-state index in [4.69, 9.17) is 20.1 Å². The fourth-order valence-electron chi connectivity index (χ4n) is 4.66. The van der Waals surface area contributed by atoms with Crippen molar-refractivity contribution in [2.24, 2.45) is 16.1 Å². The Bertz CT molecular complexity index is 1120. The number of carbonyl (C=O) groups excluding carboxylic acids is 1. The molecule has 0 radical (unpaired) electrons. The van der Waals surface area contributed by atoms with Gasteiger partial charge >= 0.3 is 0 Å². The average Bonchev–Trinajstić information content (AvgIpc) is 3.25. The van der Waals surface area contributed by atoms with Crippen molar-refractivity contribution in [3.8, 4) is 11.5 Å². The highest BCUT2D eigenvalue weighted by Gasteiger charge is 2.43. The van der Waals surface area contributed by atoms with Crippen LogP contribution in [0.4, 0.5) is 0 Å². The molecule has 1 fully saturated rings. The highest BCUT2D eigenvalue weighted by molar-refractivity contribution is 6.08. The van der Waals surface area contributed by atoms with E-state index in [0.29, 0.717) is 13.2 Å². The number of amides is 1. The van der Waals surface area contributed by atoms with Crippen molar-refractivity contribution < 1.29 is 14.3 Å². The third-order valence-corrected chi connectivity index (χ3v) is 6.09. The fraction of sp³-hybridized carbons (Fsp3) is 0.385. The number of hydrogen-bond acceptors (Lipinski definition) is 5. The van der Waals surface area contributed by atoms with Crippen LogP contribution in [0, 0.1) is 5.92 Å². The Balaban J connectivity index is 1.67. The molecule has 1 saturated carbocycles. The summed E-state index contributed by atoms with van der Waals surface area (Å²) in [6.45, 7) is 4.87. The third-order valence-electron chi connectivity index (χ3n) is 6.09. The van der Waals surface area contributed by atoms with Crippen molar-refractivity contribution in [1.82, 2.24) is 5.01 Å². The van der Waals surface area contributed by atoms with E-state index in [1.165, 1.54) is 5.01 Å². The van der Waals surface area contributed by atoms with E-state index in [9.17, 15) is 4.79 Å². The minimum absolute atomic E-state index is 0.0793. The molecular formula is C26H29N5O3. The van der Waals surface area contributed by atoms with Crippen molar-refractivity contribution in [3.05, 3.63) is 75.7 Å². The van der Waals surface area contributed by atoms with Crippen LogP contribution in [0.3, 0.4) is 0 Å². The van der Waals surface area contributed by atoms with Gasteiger partial charge in [-0.05, 0) is 85.7 Å². The van der Waals surface area contributed by atoms with Crippen LogP contribution in [0.1, 0.15) is 50.3 Å². The average molecular weight is 460 g/mol. The lowest BCUT2D eigenvalue weighted by Crippen LogP contribution is -2.33. The first kappa shape index (κ1) is 23.4. The summed E-state index contributed by atoms with van der Waals surface area (Å²) >= 11 is 0. The zero-order valence-electron chi connectivity index (χ0n) is 19.6. The quantitative estimate of drug-likeness (QED) is 0.278. The van der Waals surface area contributed by atoms with E-state index in [1.54, 1.807) is 0 Å². The summed E-state index contributed by atoms with van der Waals surface area (Å²) in [5.41, 5.74) is 12.8. The molecule has 0 saturated heterocycles. The number of benzene rings is 2. The van der Waals surface area contributed by atoms with Gasteiger partial charge in [-0.3, -0.25) is 4.79 Å². The van der Waals surface area contributed by atoms with E-state index in [1.807, 2.05) is 62.4 Å². The molecule has 1 aliphatic carbocycles. The first-order valence-corrected chi connectivity index (χ1v) is 11.7. The van der Waals surface area contributed by atoms with Gasteiger partial charge in [0.15, 0.2) is 0 Å². The summed E-state index contributed by atoms with van der Waals surface area (Å²) < 4.78 is 11.1. The minimum Gasteiger partial charge on any atom is -0.494 e. The molecule has 1 heterocycles. The van der Waals surface area contributed by atoms with Crippen LogP contribution < -0.4 is 9.47 Å². The Morgan fingerprint density at radius 3 is 2.38 bits per heavy atom. The molecule has 8 nitrogen and oxygen atoms in total. The lowest BCUT2D eigenvalue weighted by molar-refractivity contribution is -0.132. The molecule has 0 aromatic heterocycles. The van der Waals surface area contributed by atoms with Crippen LogP contribution in [0.5, 0.6) is 11.5 Å². The second kappa shape index (κ2) is 10.9. The molecule has 2 aromatic rings. The number of rotatable bonds is 8. The SMILES string of the molecule is CCOc1ccc(/C=C2/CCC[C@H]3C2=NN(C(=O)CN=[N+]=[N-])[C@H]3c2ccc(OCC)cc2)cc1. The number of hydrogen-bond donors (Lipinski definition) is 0. The highest BCUT2D eigenvalue weighted by atomic mass is 16.5. The van der Waals surface area contributed by atoms with Crippen molar-refractivity contribution in [2.45, 2.75) is 39.2 Å². The zero-order valence-corrected chi connectivity index (χ0v) is 19.6. The largest absolute Gasteiger partial charge is 0.494 e. The van der Waals surface area contributed by atoms with E-state index in [-0.39, 0.29) is 24.4 Å². The van der Waals surface area contributed by atoms with Crippen LogP contribution in [0.15, 0.2) is 64.3 Å². The monoisotopic (exact) mass is 459 g/mol. The Kier molecular flexibility index (Phi) is 7.50. The van der Waals surface area contributed by atoms with Gasteiger partial charge in [-0.2, -0.15) is 5.10 Å². The van der Waals surface area contributed by atoms with Crippen LogP contribution >= 0.6 is 0 Å². The van der Waals surface area contributed by atoms with E-state index < -0.39 is 0 Å². The molecule has 0 bridgehead atoms. The van der Waals surface area contributed by atoms with Gasteiger partial charge in [-0.15, -0.1) is 0 Å². The number of carbonyl (C=O) groups is 1. The summed E-state index contributed by atoms with van der Waals surface area (Å²) in [7, 11) is 0. The maximum Gasteiger partial charge on any atom is 0.249 e. The van der Waals surface area contributed by atoms with E-state index >= 15 is 0 Å². The number of fused-ring (bicyclic) bond motifs is 1. The van der Waals surface area contributed by atoms with Crippen molar-refractivity contribution in [1.29, 1.82) is 0 Å². The maximum atomic E-state index is 13.0. The molecule has 2 aliphatic rings. The molecule has 1 amide bonds. The Morgan fingerprint density at radius 2 is 1.76 bits per heavy atom. The lowest BCUT2D eigenvalue weighted by atomic mass is 9.77. The van der Waals surface area contributed by atoms with Gasteiger partial charge in [0.05, 0.1) is 25.0 Å². The lowest BCUT2D eigenvalue weighted by Gasteiger charge is -2.29. The van der Waals surface area contributed by atoms with Crippen LogP contribution in [-0.4, -0.2) is 36.4 Å². The van der Waals surface area contributed by atoms with Gasteiger partial charge in [0.25, 0.3) is 0 Å². The second-order valence-electron chi connectivity index (χ2n) is 8.23. The third kappa shape index (κ3) is 5.07. The number of allylic oxidation sites excluding steroid dienone is 1. The normalized spacial score (nSPS) is 20.4. The van der Waals surface area contributed by atoms with Gasteiger partial charge in [0, 0.05) is 10.8 Å².